The number of aliphatic hydroxyl groups excluding tert-OH is 2. The molecule has 3 atom stereocenters. The van der Waals surface area contributed by atoms with Gasteiger partial charge in [0, 0.05) is 6.42 Å². The van der Waals surface area contributed by atoms with Gasteiger partial charge in [0.05, 0.1) is 6.10 Å². The van der Waals surface area contributed by atoms with Crippen molar-refractivity contribution in [2.45, 2.75) is 321 Å². The summed E-state index contributed by atoms with van der Waals surface area (Å²) in [6.45, 7) is 6.81. The number of ketones is 1. The van der Waals surface area contributed by atoms with Crippen molar-refractivity contribution in [3.63, 3.8) is 0 Å². The maximum absolute atomic E-state index is 13.6. The van der Waals surface area contributed by atoms with E-state index in [9.17, 15) is 20.1 Å². The second kappa shape index (κ2) is 46.5. The van der Waals surface area contributed by atoms with Crippen LogP contribution in [0, 0.1) is 0 Å². The second-order valence-electron chi connectivity index (χ2n) is 18.8. The Balaban J connectivity index is 4.53. The Bertz CT molecular complexity index is 898. The van der Waals surface area contributed by atoms with Crippen molar-refractivity contribution in [1.29, 1.82) is 0 Å². The number of allylic oxidation sites excluding steroid dienone is 4. The molecule has 3 unspecified atom stereocenters. The average Bonchev–Trinajstić information content (AvgIpc) is 3.24. The third-order valence-corrected chi connectivity index (χ3v) is 12.9. The predicted molar refractivity (Wildman–Crippen MR) is 260 cm³/mol. The van der Waals surface area contributed by atoms with Crippen LogP contribution in [0.4, 0.5) is 0 Å². The van der Waals surface area contributed by atoms with Gasteiger partial charge in [-0.1, -0.05) is 251 Å². The Labute approximate surface area is 370 Å². The third kappa shape index (κ3) is 38.4. The van der Waals surface area contributed by atoms with Crippen LogP contribution in [0.15, 0.2) is 24.3 Å². The molecule has 0 saturated carbocycles. The molecule has 0 heterocycles. The van der Waals surface area contributed by atoms with Gasteiger partial charge in [-0.15, -0.1) is 0 Å². The van der Waals surface area contributed by atoms with E-state index in [-0.39, 0.29) is 12.2 Å². The van der Waals surface area contributed by atoms with Crippen molar-refractivity contribution in [3.8, 4) is 0 Å². The fourth-order valence-corrected chi connectivity index (χ4v) is 8.69. The third-order valence-electron chi connectivity index (χ3n) is 12.9. The molecule has 0 aromatic heterocycles. The van der Waals surface area contributed by atoms with Crippen LogP contribution in [0.3, 0.4) is 0 Å². The zero-order chi connectivity index (χ0) is 43.2. The first-order valence-corrected chi connectivity index (χ1v) is 26.9. The largest absolute Gasteiger partial charge is 0.390 e. The van der Waals surface area contributed by atoms with Gasteiger partial charge in [0.25, 0.3) is 0 Å². The first-order chi connectivity index (χ1) is 28.9. The topological polar surface area (TPSA) is 77.8 Å². The second-order valence-corrected chi connectivity index (χ2v) is 18.8. The van der Waals surface area contributed by atoms with Crippen LogP contribution >= 0.6 is 0 Å². The first kappa shape index (κ1) is 58.0. The van der Waals surface area contributed by atoms with Crippen molar-refractivity contribution in [1.82, 2.24) is 0 Å². The Hall–Kier alpha value is -0.970. The summed E-state index contributed by atoms with van der Waals surface area (Å²) in [5.74, 6) is -0.263. The van der Waals surface area contributed by atoms with E-state index < -0.39 is 17.8 Å². The van der Waals surface area contributed by atoms with Crippen LogP contribution in [-0.2, 0) is 4.79 Å². The van der Waals surface area contributed by atoms with Gasteiger partial charge in [0.2, 0.25) is 0 Å². The molecule has 0 aromatic rings. The number of carbonyl (C=O) groups is 1. The van der Waals surface area contributed by atoms with E-state index in [2.05, 4.69) is 45.1 Å². The summed E-state index contributed by atoms with van der Waals surface area (Å²) in [6, 6.07) is 0. The summed E-state index contributed by atoms with van der Waals surface area (Å²) in [6.07, 6.45) is 58.1. The highest BCUT2D eigenvalue weighted by Gasteiger charge is 2.44. The molecule has 0 aliphatic carbocycles. The van der Waals surface area contributed by atoms with E-state index in [0.29, 0.717) is 19.3 Å². The molecule has 0 bridgehead atoms. The number of Topliss-reactive ketones (excluding diaryl/α,β-unsaturated/α-hetero) is 1. The van der Waals surface area contributed by atoms with Gasteiger partial charge in [-0.25, -0.2) is 0 Å². The fraction of sp³-hybridized carbons (Fsp3) is 0.909. The summed E-state index contributed by atoms with van der Waals surface area (Å²) in [4.78, 5) is 13.6. The number of unbranched alkanes of at least 4 members (excludes halogenated alkanes) is 36. The van der Waals surface area contributed by atoms with Crippen LogP contribution in [0.5, 0.6) is 0 Å². The van der Waals surface area contributed by atoms with Crippen molar-refractivity contribution in [3.05, 3.63) is 24.3 Å². The Kier molecular flexibility index (Phi) is 45.8. The number of aliphatic hydroxyl groups is 3. The van der Waals surface area contributed by atoms with E-state index in [0.717, 1.165) is 64.2 Å². The molecule has 4 heteroatoms. The maximum Gasteiger partial charge on any atom is 0.167 e. The highest BCUT2D eigenvalue weighted by atomic mass is 16.4. The lowest BCUT2D eigenvalue weighted by atomic mass is 9.80. The molecule has 0 aliphatic rings. The van der Waals surface area contributed by atoms with Crippen molar-refractivity contribution in [2.24, 2.45) is 0 Å². The van der Waals surface area contributed by atoms with Crippen molar-refractivity contribution >= 4 is 5.78 Å². The number of hydrogen-bond acceptors (Lipinski definition) is 4. The minimum atomic E-state index is -1.85. The molecular weight excluding hydrogens is 725 g/mol. The zero-order valence-electron chi connectivity index (χ0n) is 40.3. The maximum atomic E-state index is 13.6. The van der Waals surface area contributed by atoms with Gasteiger partial charge in [-0.3, -0.25) is 4.79 Å². The highest BCUT2D eigenvalue weighted by molar-refractivity contribution is 5.87. The summed E-state index contributed by atoms with van der Waals surface area (Å²) in [5.41, 5.74) is -1.85. The smallest absolute Gasteiger partial charge is 0.167 e. The average molecular weight is 831 g/mol. The monoisotopic (exact) mass is 831 g/mol. The normalized spacial score (nSPS) is 14.1. The van der Waals surface area contributed by atoms with Gasteiger partial charge in [-0.2, -0.15) is 0 Å². The molecule has 0 fully saturated rings. The van der Waals surface area contributed by atoms with E-state index in [1.54, 1.807) is 0 Å². The lowest BCUT2D eigenvalue weighted by Crippen LogP contribution is -2.54. The van der Waals surface area contributed by atoms with Crippen LogP contribution < -0.4 is 0 Å². The first-order valence-electron chi connectivity index (χ1n) is 26.9. The quantitative estimate of drug-likeness (QED) is 0.0422. The van der Waals surface area contributed by atoms with Gasteiger partial charge < -0.3 is 15.3 Å². The van der Waals surface area contributed by atoms with Gasteiger partial charge >= 0.3 is 0 Å². The SMILES string of the molecule is CCCCCCCC/C=C\CCCCCCCCC(O)C(O)C(O)(CCCCCCCC/C=C\CCCCCCCC)C(=O)CCCCCCCCCCCCCCC. The Morgan fingerprint density at radius 1 is 0.390 bits per heavy atom. The molecular formula is C55H106O4. The molecule has 4 nitrogen and oxygen atoms in total. The molecule has 59 heavy (non-hydrogen) atoms. The van der Waals surface area contributed by atoms with E-state index in [4.69, 9.17) is 0 Å². The molecule has 3 N–H and O–H groups in total. The molecule has 0 radical (unpaired) electrons. The van der Waals surface area contributed by atoms with Gasteiger partial charge in [-0.05, 0) is 70.6 Å². The van der Waals surface area contributed by atoms with Gasteiger partial charge in [0.1, 0.15) is 6.10 Å². The summed E-state index contributed by atoms with van der Waals surface area (Å²) >= 11 is 0. The number of carbonyl (C=O) groups excluding carboxylic acids is 1. The lowest BCUT2D eigenvalue weighted by molar-refractivity contribution is -0.165. The summed E-state index contributed by atoms with van der Waals surface area (Å²) in [7, 11) is 0. The lowest BCUT2D eigenvalue weighted by Gasteiger charge is -2.34. The standard InChI is InChI=1S/C55H106O4/c1-4-7-10-13-16-19-22-25-27-29-32-34-37-40-43-46-49-52(56)54(58)55(59,53(57)50-47-44-41-38-35-31-24-21-18-15-12-9-6-3)51-48-45-42-39-36-33-30-28-26-23-20-17-14-11-8-5-2/h25-28,52,54,56,58-59H,4-24,29-51H2,1-3H3/b27-25-,28-26-. The summed E-state index contributed by atoms with van der Waals surface area (Å²) in [5, 5.41) is 34.2. The number of rotatable bonds is 49. The molecule has 350 valence electrons. The van der Waals surface area contributed by atoms with Crippen LogP contribution in [0.25, 0.3) is 0 Å². The van der Waals surface area contributed by atoms with E-state index in [1.165, 1.54) is 193 Å². The minimum absolute atomic E-state index is 0.247. The summed E-state index contributed by atoms with van der Waals surface area (Å²) < 4.78 is 0. The van der Waals surface area contributed by atoms with Crippen LogP contribution in [-0.4, -0.2) is 38.9 Å². The molecule has 0 aromatic carbocycles. The molecule has 0 amide bonds. The Morgan fingerprint density at radius 3 is 1.00 bits per heavy atom. The predicted octanol–water partition coefficient (Wildman–Crippen LogP) is 17.3. The van der Waals surface area contributed by atoms with E-state index >= 15 is 0 Å². The molecule has 0 spiro atoms. The van der Waals surface area contributed by atoms with Gasteiger partial charge in [0.15, 0.2) is 11.4 Å². The number of hydrogen-bond donors (Lipinski definition) is 3. The van der Waals surface area contributed by atoms with Crippen molar-refractivity contribution < 1.29 is 20.1 Å². The molecule has 0 saturated heterocycles. The minimum Gasteiger partial charge on any atom is -0.390 e. The molecule has 0 aliphatic heterocycles. The van der Waals surface area contributed by atoms with Crippen molar-refractivity contribution in [2.75, 3.05) is 0 Å². The highest BCUT2D eigenvalue weighted by Crippen LogP contribution is 2.28. The Morgan fingerprint density at radius 2 is 0.661 bits per heavy atom. The zero-order valence-corrected chi connectivity index (χ0v) is 40.3. The van der Waals surface area contributed by atoms with Crippen LogP contribution in [0.2, 0.25) is 0 Å². The van der Waals surface area contributed by atoms with Crippen LogP contribution in [0.1, 0.15) is 303 Å². The molecule has 0 rings (SSSR count). The fourth-order valence-electron chi connectivity index (χ4n) is 8.69. The van der Waals surface area contributed by atoms with E-state index in [1.807, 2.05) is 0 Å².